The summed E-state index contributed by atoms with van der Waals surface area (Å²) in [4.78, 5) is 27.0. The van der Waals surface area contributed by atoms with Crippen molar-refractivity contribution in [1.82, 2.24) is 24.4 Å². The van der Waals surface area contributed by atoms with Crippen molar-refractivity contribution < 1.29 is 31.6 Å². The minimum atomic E-state index is -4.12. The molecule has 2 aliphatic heterocycles. The summed E-state index contributed by atoms with van der Waals surface area (Å²) >= 11 is 5.79. The van der Waals surface area contributed by atoms with Gasteiger partial charge in [-0.3, -0.25) is 9.59 Å². The van der Waals surface area contributed by atoms with E-state index in [0.29, 0.717) is 0 Å². The lowest BCUT2D eigenvalue weighted by Crippen LogP contribution is -2.43. The molecule has 1 aromatic carbocycles. The molecule has 2 amide bonds. The number of hydrogen-bond acceptors (Lipinski definition) is 8. The molecule has 15 heteroatoms. The number of carbonyl (C=O) groups excluding carboxylic acids is 2. The molecule has 190 valence electrons. The monoisotopic (exact) mass is 538 g/mol. The maximum Gasteiger partial charge on any atom is 0.311 e. The van der Waals surface area contributed by atoms with Gasteiger partial charge in [0.2, 0.25) is 15.9 Å². The highest BCUT2D eigenvalue weighted by molar-refractivity contribution is 7.89. The molecule has 4 heterocycles. The van der Waals surface area contributed by atoms with Gasteiger partial charge in [-0.15, -0.1) is 10.2 Å². The maximum atomic E-state index is 13.5. The van der Waals surface area contributed by atoms with Gasteiger partial charge in [0.05, 0.1) is 11.6 Å². The fourth-order valence-electron chi connectivity index (χ4n) is 4.25. The van der Waals surface area contributed by atoms with Crippen LogP contribution in [0.25, 0.3) is 0 Å². The number of benzene rings is 1. The van der Waals surface area contributed by atoms with Crippen LogP contribution in [0, 0.1) is 18.7 Å². The third kappa shape index (κ3) is 4.31. The number of amides is 2. The SMILES string of the molecule is Cc1nnc(C(=O)N2C[C@H]3COc4c(cn(C)c4C(=O)Nc4ccc(F)c(Cl)c4)S(=O)(=O)N[C@H]3C2)o1. The molecular formula is C21H20ClFN6O6S. The molecule has 0 saturated carbocycles. The molecule has 1 fully saturated rings. The van der Waals surface area contributed by atoms with Crippen LogP contribution >= 0.6 is 11.6 Å². The average Bonchev–Trinajstić information content (AvgIpc) is 3.50. The number of halogens is 2. The summed E-state index contributed by atoms with van der Waals surface area (Å²) in [6, 6.07) is 3.03. The predicted molar refractivity (Wildman–Crippen MR) is 123 cm³/mol. The van der Waals surface area contributed by atoms with Crippen LogP contribution in [0.1, 0.15) is 27.1 Å². The number of sulfonamides is 1. The summed E-state index contributed by atoms with van der Waals surface area (Å²) in [7, 11) is -2.62. The Balaban J connectivity index is 1.41. The van der Waals surface area contributed by atoms with E-state index in [1.54, 1.807) is 6.92 Å². The average molecular weight is 539 g/mol. The number of ether oxygens (including phenoxy) is 1. The Morgan fingerprint density at radius 1 is 1.28 bits per heavy atom. The van der Waals surface area contributed by atoms with Crippen molar-refractivity contribution >= 4 is 39.1 Å². The second-order valence-corrected chi connectivity index (χ2v) is 10.6. The number of fused-ring (bicyclic) bond motifs is 2. The van der Waals surface area contributed by atoms with E-state index in [-0.39, 0.29) is 58.5 Å². The van der Waals surface area contributed by atoms with Crippen LogP contribution in [0.2, 0.25) is 5.02 Å². The Labute approximate surface area is 209 Å². The first-order valence-electron chi connectivity index (χ1n) is 10.7. The van der Waals surface area contributed by atoms with Gasteiger partial charge in [0.1, 0.15) is 10.7 Å². The Hall–Kier alpha value is -3.49. The third-order valence-corrected chi connectivity index (χ3v) is 7.74. The van der Waals surface area contributed by atoms with Gasteiger partial charge in [-0.05, 0) is 18.2 Å². The lowest BCUT2D eigenvalue weighted by molar-refractivity contribution is 0.0741. The summed E-state index contributed by atoms with van der Waals surface area (Å²) in [5.74, 6) is -2.33. The Morgan fingerprint density at radius 2 is 2.06 bits per heavy atom. The summed E-state index contributed by atoms with van der Waals surface area (Å²) in [6.45, 7) is 1.83. The quantitative estimate of drug-likeness (QED) is 0.510. The molecule has 2 atom stereocenters. The molecule has 0 spiro atoms. The van der Waals surface area contributed by atoms with E-state index in [2.05, 4.69) is 20.2 Å². The van der Waals surface area contributed by atoms with Crippen molar-refractivity contribution in [3.8, 4) is 5.75 Å². The van der Waals surface area contributed by atoms with Gasteiger partial charge in [-0.25, -0.2) is 17.5 Å². The van der Waals surface area contributed by atoms with Gasteiger partial charge in [-0.1, -0.05) is 11.6 Å². The van der Waals surface area contributed by atoms with Crippen LogP contribution in [0.15, 0.2) is 33.7 Å². The number of aromatic nitrogens is 3. The van der Waals surface area contributed by atoms with E-state index in [1.165, 1.54) is 34.8 Å². The van der Waals surface area contributed by atoms with E-state index in [4.69, 9.17) is 20.8 Å². The molecule has 3 aromatic rings. The van der Waals surface area contributed by atoms with Crippen LogP contribution in [0.3, 0.4) is 0 Å². The van der Waals surface area contributed by atoms with Crippen molar-refractivity contribution in [3.05, 3.63) is 52.7 Å². The lowest BCUT2D eigenvalue weighted by Gasteiger charge is -2.23. The maximum absolute atomic E-state index is 13.5. The zero-order valence-electron chi connectivity index (χ0n) is 19.0. The highest BCUT2D eigenvalue weighted by Crippen LogP contribution is 2.35. The highest BCUT2D eigenvalue weighted by atomic mass is 35.5. The summed E-state index contributed by atoms with van der Waals surface area (Å²) in [6.07, 6.45) is 1.27. The fourth-order valence-corrected chi connectivity index (χ4v) is 5.91. The second kappa shape index (κ2) is 8.87. The van der Waals surface area contributed by atoms with Gasteiger partial charge in [0, 0.05) is 50.9 Å². The zero-order chi connectivity index (χ0) is 25.8. The molecule has 2 aromatic heterocycles. The highest BCUT2D eigenvalue weighted by Gasteiger charge is 2.43. The second-order valence-electron chi connectivity index (χ2n) is 8.50. The van der Waals surface area contributed by atoms with Crippen LogP contribution in [0.4, 0.5) is 10.1 Å². The third-order valence-electron chi connectivity index (χ3n) is 5.97. The van der Waals surface area contributed by atoms with Crippen molar-refractivity contribution in [2.24, 2.45) is 13.0 Å². The number of anilines is 1. The van der Waals surface area contributed by atoms with E-state index in [0.717, 1.165) is 6.07 Å². The van der Waals surface area contributed by atoms with Gasteiger partial charge >= 0.3 is 11.8 Å². The minimum absolute atomic E-state index is 0.0273. The van der Waals surface area contributed by atoms with Crippen LogP contribution < -0.4 is 14.8 Å². The van der Waals surface area contributed by atoms with Crippen molar-refractivity contribution in [1.29, 1.82) is 0 Å². The molecule has 5 rings (SSSR count). The molecule has 36 heavy (non-hydrogen) atoms. The lowest BCUT2D eigenvalue weighted by atomic mass is 10.1. The molecular weight excluding hydrogens is 519 g/mol. The first-order chi connectivity index (χ1) is 17.0. The van der Waals surface area contributed by atoms with Gasteiger partial charge in [0.25, 0.3) is 5.91 Å². The molecule has 0 radical (unpaired) electrons. The number of nitrogens with one attached hydrogen (secondary N) is 2. The number of carbonyl (C=O) groups is 2. The molecule has 2 N–H and O–H groups in total. The first-order valence-corrected chi connectivity index (χ1v) is 12.6. The molecule has 12 nitrogen and oxygen atoms in total. The topological polar surface area (TPSA) is 149 Å². The number of likely N-dealkylation sites (tertiary alicyclic amines) is 1. The number of rotatable bonds is 3. The van der Waals surface area contributed by atoms with Crippen LogP contribution in [-0.2, 0) is 17.1 Å². The molecule has 0 bridgehead atoms. The van der Waals surface area contributed by atoms with Gasteiger partial charge in [0.15, 0.2) is 11.4 Å². The number of aryl methyl sites for hydroxylation is 2. The van der Waals surface area contributed by atoms with Gasteiger partial charge < -0.3 is 23.9 Å². The Kier molecular flexibility index (Phi) is 5.97. The summed E-state index contributed by atoms with van der Waals surface area (Å²) in [5, 5.41) is 9.77. The normalized spacial score (nSPS) is 20.6. The molecule has 2 aliphatic rings. The van der Waals surface area contributed by atoms with E-state index >= 15 is 0 Å². The summed E-state index contributed by atoms with van der Waals surface area (Å²) in [5.41, 5.74) is 0.163. The Morgan fingerprint density at radius 3 is 2.75 bits per heavy atom. The molecule has 0 unspecified atom stereocenters. The predicted octanol–water partition coefficient (Wildman–Crippen LogP) is 1.57. The number of nitrogens with zero attached hydrogens (tertiary/aromatic N) is 4. The van der Waals surface area contributed by atoms with Crippen molar-refractivity contribution in [2.75, 3.05) is 25.0 Å². The zero-order valence-corrected chi connectivity index (χ0v) is 20.6. The molecule has 1 saturated heterocycles. The van der Waals surface area contributed by atoms with E-state index < -0.39 is 39.6 Å². The van der Waals surface area contributed by atoms with E-state index in [1.807, 2.05) is 0 Å². The fraction of sp³-hybridized carbons (Fsp3) is 0.333. The van der Waals surface area contributed by atoms with Crippen molar-refractivity contribution in [2.45, 2.75) is 17.9 Å². The number of hydrogen-bond donors (Lipinski definition) is 2. The largest absolute Gasteiger partial charge is 0.489 e. The van der Waals surface area contributed by atoms with Crippen LogP contribution in [0.5, 0.6) is 5.75 Å². The summed E-state index contributed by atoms with van der Waals surface area (Å²) < 4.78 is 55.0. The van der Waals surface area contributed by atoms with Crippen molar-refractivity contribution in [3.63, 3.8) is 0 Å². The minimum Gasteiger partial charge on any atom is -0.489 e. The van der Waals surface area contributed by atoms with Gasteiger partial charge in [-0.2, -0.15) is 0 Å². The molecule has 0 aliphatic carbocycles. The van der Waals surface area contributed by atoms with E-state index in [9.17, 15) is 22.4 Å². The smallest absolute Gasteiger partial charge is 0.311 e. The first kappa shape index (κ1) is 24.2. The Bertz CT molecular complexity index is 1490. The van der Waals surface area contributed by atoms with Crippen LogP contribution in [-0.4, -0.2) is 65.6 Å². The standard InChI is InChI=1S/C21H20ClFN6O6S/c1-10-25-26-20(35-10)21(31)29-6-11-9-34-18-16(36(32,33)27-15(11)7-29)8-28(2)17(18)19(30)24-12-3-4-14(23)13(22)5-12/h3-5,8,11,15,27H,6-7,9H2,1-2H3,(H,24,30)/t11-,15-/m0/s1.